The number of anilines is 1. The van der Waals surface area contributed by atoms with Gasteiger partial charge in [-0.05, 0) is 53.1 Å². The Morgan fingerprint density at radius 3 is 1.68 bits per heavy atom. The number of carbonyl (C=O) groups excluding carboxylic acids is 1. The minimum atomic E-state index is -1.87. The van der Waals surface area contributed by atoms with E-state index in [1.165, 1.54) is 0 Å². The highest BCUT2D eigenvalue weighted by atomic mass is 16.5. The molecule has 1 amide bonds. The molecule has 2 N–H and O–H groups in total. The van der Waals surface area contributed by atoms with E-state index in [-0.39, 0.29) is 0 Å². The summed E-state index contributed by atoms with van der Waals surface area (Å²) in [6.07, 6.45) is 0. The number of amides is 1. The largest absolute Gasteiger partial charge is 0.497 e. The molecule has 31 heavy (non-hydrogen) atoms. The van der Waals surface area contributed by atoms with Gasteiger partial charge in [0.1, 0.15) is 11.5 Å². The van der Waals surface area contributed by atoms with Crippen LogP contribution >= 0.6 is 0 Å². The van der Waals surface area contributed by atoms with E-state index < -0.39 is 11.5 Å². The van der Waals surface area contributed by atoms with Crippen molar-refractivity contribution in [1.82, 2.24) is 5.32 Å². The van der Waals surface area contributed by atoms with Crippen molar-refractivity contribution >= 4 is 11.6 Å². The third-order valence-electron chi connectivity index (χ3n) is 5.25. The maximum absolute atomic E-state index is 13.3. The smallest absolute Gasteiger partial charge is 0.261 e. The fourth-order valence-electron chi connectivity index (χ4n) is 3.32. The summed E-state index contributed by atoms with van der Waals surface area (Å²) in [6, 6.07) is 21.5. The van der Waals surface area contributed by atoms with Crippen LogP contribution in [0.3, 0.4) is 0 Å². The molecule has 0 heterocycles. The van der Waals surface area contributed by atoms with Crippen molar-refractivity contribution < 1.29 is 19.4 Å². The Labute approximate surface area is 183 Å². The van der Waals surface area contributed by atoms with Crippen LogP contribution in [0.4, 0.5) is 5.69 Å². The maximum atomic E-state index is 13.3. The summed E-state index contributed by atoms with van der Waals surface area (Å²) in [7, 11) is 7.08. The van der Waals surface area contributed by atoms with E-state index in [2.05, 4.69) is 5.32 Å². The number of methoxy groups -OCH3 is 2. The minimum absolute atomic E-state index is 0.293. The van der Waals surface area contributed by atoms with Gasteiger partial charge in [-0.1, -0.05) is 36.4 Å². The van der Waals surface area contributed by atoms with Crippen LogP contribution in [0.5, 0.6) is 11.5 Å². The van der Waals surface area contributed by atoms with Gasteiger partial charge in [-0.2, -0.15) is 0 Å². The molecule has 0 atom stereocenters. The number of carbonyl (C=O) groups is 1. The van der Waals surface area contributed by atoms with E-state index >= 15 is 0 Å². The average molecular weight is 421 g/mol. The summed E-state index contributed by atoms with van der Waals surface area (Å²) < 4.78 is 10.4. The second-order valence-corrected chi connectivity index (χ2v) is 7.41. The Morgan fingerprint density at radius 1 is 0.839 bits per heavy atom. The standard InChI is InChI=1S/C25H28N2O4/c1-27(2)21-11-5-18(6-12-21)17-26-24(28)25(29,19-7-13-22(30-3)14-8-19)20-9-15-23(31-4)16-10-20/h5-16,29H,17H2,1-4H3,(H,26,28). The van der Waals surface area contributed by atoms with E-state index in [0.29, 0.717) is 29.2 Å². The summed E-state index contributed by atoms with van der Waals surface area (Å²) in [5.74, 6) is 0.768. The molecule has 0 aliphatic heterocycles. The van der Waals surface area contributed by atoms with E-state index in [9.17, 15) is 9.90 Å². The number of hydrogen-bond acceptors (Lipinski definition) is 5. The van der Waals surface area contributed by atoms with Crippen LogP contribution in [-0.4, -0.2) is 39.3 Å². The molecule has 0 saturated heterocycles. The lowest BCUT2D eigenvalue weighted by molar-refractivity contribution is -0.136. The zero-order chi connectivity index (χ0) is 22.4. The molecular weight excluding hydrogens is 392 g/mol. The van der Waals surface area contributed by atoms with E-state index in [4.69, 9.17) is 9.47 Å². The number of aliphatic hydroxyl groups is 1. The fourth-order valence-corrected chi connectivity index (χ4v) is 3.32. The van der Waals surface area contributed by atoms with Crippen molar-refractivity contribution in [2.75, 3.05) is 33.2 Å². The van der Waals surface area contributed by atoms with Crippen molar-refractivity contribution in [3.8, 4) is 11.5 Å². The van der Waals surface area contributed by atoms with Crippen molar-refractivity contribution in [1.29, 1.82) is 0 Å². The summed E-state index contributed by atoms with van der Waals surface area (Å²) >= 11 is 0. The number of rotatable bonds is 8. The predicted molar refractivity (Wildman–Crippen MR) is 122 cm³/mol. The van der Waals surface area contributed by atoms with Gasteiger partial charge in [0.25, 0.3) is 5.91 Å². The highest BCUT2D eigenvalue weighted by molar-refractivity contribution is 5.90. The van der Waals surface area contributed by atoms with Gasteiger partial charge in [0.2, 0.25) is 0 Å². The molecule has 6 nitrogen and oxygen atoms in total. The first-order valence-electron chi connectivity index (χ1n) is 9.94. The molecule has 3 rings (SSSR count). The summed E-state index contributed by atoms with van der Waals surface area (Å²) in [6.45, 7) is 0.293. The molecule has 0 aliphatic carbocycles. The Hall–Kier alpha value is -3.51. The number of hydrogen-bond donors (Lipinski definition) is 2. The molecular formula is C25H28N2O4. The number of nitrogens with zero attached hydrogens (tertiary/aromatic N) is 1. The lowest BCUT2D eigenvalue weighted by Crippen LogP contribution is -2.45. The third-order valence-corrected chi connectivity index (χ3v) is 5.25. The SMILES string of the molecule is COc1ccc(C(O)(C(=O)NCc2ccc(N(C)C)cc2)c2ccc(OC)cc2)cc1. The van der Waals surface area contributed by atoms with Crippen LogP contribution in [0.25, 0.3) is 0 Å². The predicted octanol–water partition coefficient (Wildman–Crippen LogP) is 3.32. The van der Waals surface area contributed by atoms with E-state index in [1.807, 2.05) is 43.3 Å². The molecule has 0 saturated carbocycles. The average Bonchev–Trinajstić information content (AvgIpc) is 2.82. The van der Waals surface area contributed by atoms with Crippen molar-refractivity contribution in [2.24, 2.45) is 0 Å². The van der Waals surface area contributed by atoms with Crippen molar-refractivity contribution in [3.63, 3.8) is 0 Å². The van der Waals surface area contributed by atoms with Gasteiger partial charge >= 0.3 is 0 Å². The highest BCUT2D eigenvalue weighted by Gasteiger charge is 2.40. The molecule has 3 aromatic carbocycles. The van der Waals surface area contributed by atoms with Crippen LogP contribution < -0.4 is 19.7 Å². The summed E-state index contributed by atoms with van der Waals surface area (Å²) in [5, 5.41) is 14.5. The molecule has 6 heteroatoms. The lowest BCUT2D eigenvalue weighted by atomic mass is 9.85. The number of nitrogens with one attached hydrogen (secondary N) is 1. The normalized spacial score (nSPS) is 11.0. The van der Waals surface area contributed by atoms with E-state index in [1.54, 1.807) is 62.8 Å². The molecule has 0 radical (unpaired) electrons. The Kier molecular flexibility index (Phi) is 6.82. The topological polar surface area (TPSA) is 71.0 Å². The van der Waals surface area contributed by atoms with Gasteiger partial charge in [-0.25, -0.2) is 0 Å². The van der Waals surface area contributed by atoms with Crippen LogP contribution in [0.15, 0.2) is 72.8 Å². The fraction of sp³-hybridized carbons (Fsp3) is 0.240. The first-order chi connectivity index (χ1) is 14.9. The van der Waals surface area contributed by atoms with Crippen LogP contribution in [0, 0.1) is 0 Å². The molecule has 0 fully saturated rings. The Balaban J connectivity index is 1.89. The van der Waals surface area contributed by atoms with Gasteiger partial charge < -0.3 is 24.8 Å². The first-order valence-corrected chi connectivity index (χ1v) is 9.94. The summed E-state index contributed by atoms with van der Waals surface area (Å²) in [5.41, 5.74) is 1.02. The Bertz CT molecular complexity index is 950. The Morgan fingerprint density at radius 2 is 1.29 bits per heavy atom. The molecule has 3 aromatic rings. The zero-order valence-electron chi connectivity index (χ0n) is 18.3. The van der Waals surface area contributed by atoms with Crippen LogP contribution in [0.2, 0.25) is 0 Å². The quantitative estimate of drug-likeness (QED) is 0.585. The second kappa shape index (κ2) is 9.53. The molecule has 0 bridgehead atoms. The second-order valence-electron chi connectivity index (χ2n) is 7.41. The van der Waals surface area contributed by atoms with Crippen LogP contribution in [0.1, 0.15) is 16.7 Å². The van der Waals surface area contributed by atoms with Gasteiger partial charge in [-0.3, -0.25) is 4.79 Å². The monoisotopic (exact) mass is 420 g/mol. The number of ether oxygens (including phenoxy) is 2. The van der Waals surface area contributed by atoms with Gasteiger partial charge in [0, 0.05) is 26.3 Å². The number of benzene rings is 3. The van der Waals surface area contributed by atoms with Gasteiger partial charge in [0.15, 0.2) is 5.60 Å². The molecule has 162 valence electrons. The van der Waals surface area contributed by atoms with Gasteiger partial charge in [0.05, 0.1) is 14.2 Å². The van der Waals surface area contributed by atoms with Gasteiger partial charge in [-0.15, -0.1) is 0 Å². The first kappa shape index (κ1) is 22.2. The zero-order valence-corrected chi connectivity index (χ0v) is 18.3. The maximum Gasteiger partial charge on any atom is 0.261 e. The van der Waals surface area contributed by atoms with E-state index in [0.717, 1.165) is 11.3 Å². The minimum Gasteiger partial charge on any atom is -0.497 e. The molecule has 0 aromatic heterocycles. The van der Waals surface area contributed by atoms with Crippen molar-refractivity contribution in [2.45, 2.75) is 12.1 Å². The van der Waals surface area contributed by atoms with Crippen LogP contribution in [-0.2, 0) is 16.9 Å². The molecule has 0 aliphatic rings. The molecule has 0 spiro atoms. The summed E-state index contributed by atoms with van der Waals surface area (Å²) in [4.78, 5) is 15.3. The molecule has 0 unspecified atom stereocenters. The highest BCUT2D eigenvalue weighted by Crippen LogP contribution is 2.32. The third kappa shape index (κ3) is 4.81. The van der Waals surface area contributed by atoms with Crippen molar-refractivity contribution in [3.05, 3.63) is 89.5 Å². The lowest BCUT2D eigenvalue weighted by Gasteiger charge is -2.28.